The summed E-state index contributed by atoms with van der Waals surface area (Å²) in [6.07, 6.45) is 5.70. The van der Waals surface area contributed by atoms with E-state index in [0.717, 1.165) is 16.7 Å². The Labute approximate surface area is 228 Å². The van der Waals surface area contributed by atoms with Crippen LogP contribution in [0.5, 0.6) is 5.75 Å². The minimum absolute atomic E-state index is 0.213. The summed E-state index contributed by atoms with van der Waals surface area (Å²) in [5.74, 6) is 1.12. The van der Waals surface area contributed by atoms with Crippen molar-refractivity contribution in [2.75, 3.05) is 20.2 Å². The second-order valence-corrected chi connectivity index (χ2v) is 9.43. The number of pyridine rings is 1. The highest BCUT2D eigenvalue weighted by Gasteiger charge is 2.31. The quantitative estimate of drug-likeness (QED) is 0.254. The number of aryl methyl sites for hydroxylation is 2. The van der Waals surface area contributed by atoms with Crippen molar-refractivity contribution in [1.29, 1.82) is 0 Å². The Balaban J connectivity index is 1.28. The van der Waals surface area contributed by atoms with Gasteiger partial charge in [0.25, 0.3) is 11.7 Å². The molecule has 12 nitrogen and oxygen atoms in total. The predicted octanol–water partition coefficient (Wildman–Crippen LogP) is 3.46. The van der Waals surface area contributed by atoms with Gasteiger partial charge in [-0.05, 0) is 25.3 Å². The number of methoxy groups -OCH3 is 1. The molecule has 202 valence electrons. The number of hydrogen-bond donors (Lipinski definition) is 1. The number of amides is 1. The Hall–Kier alpha value is -5.13. The zero-order valence-electron chi connectivity index (χ0n) is 22.2. The predicted molar refractivity (Wildman–Crippen MR) is 144 cm³/mol. The minimum Gasteiger partial charge on any atom is -0.494 e. The van der Waals surface area contributed by atoms with Gasteiger partial charge >= 0.3 is 0 Å². The number of H-pyrrole nitrogens is 1. The number of aromatic amines is 1. The summed E-state index contributed by atoms with van der Waals surface area (Å²) in [6, 6.07) is 9.85. The summed E-state index contributed by atoms with van der Waals surface area (Å²) in [6.45, 7) is 4.29. The van der Waals surface area contributed by atoms with Gasteiger partial charge in [0.1, 0.15) is 17.9 Å². The Morgan fingerprint density at radius 1 is 1.05 bits per heavy atom. The molecule has 0 saturated carbocycles. The highest BCUT2D eigenvalue weighted by molar-refractivity contribution is 6.45. The summed E-state index contributed by atoms with van der Waals surface area (Å²) in [5.41, 5.74) is 3.68. The van der Waals surface area contributed by atoms with Gasteiger partial charge in [-0.15, -0.1) is 10.2 Å². The highest BCUT2D eigenvalue weighted by atomic mass is 16.5. The van der Waals surface area contributed by atoms with Crippen LogP contribution in [-0.2, 0) is 4.79 Å². The molecule has 0 aliphatic carbocycles. The lowest BCUT2D eigenvalue weighted by molar-refractivity contribution is -0.126. The molecule has 0 bridgehead atoms. The first-order valence-electron chi connectivity index (χ1n) is 12.8. The van der Waals surface area contributed by atoms with E-state index in [1.807, 2.05) is 30.3 Å². The number of carbonyl (C=O) groups excluding carboxylic acids is 2. The molecule has 4 aromatic heterocycles. The smallest absolute Gasteiger partial charge is 0.295 e. The van der Waals surface area contributed by atoms with Crippen molar-refractivity contribution in [3.63, 3.8) is 0 Å². The molecule has 1 aromatic carbocycles. The number of rotatable bonds is 6. The maximum atomic E-state index is 13.5. The van der Waals surface area contributed by atoms with Crippen LogP contribution >= 0.6 is 0 Å². The lowest BCUT2D eigenvalue weighted by Crippen LogP contribution is -2.40. The highest BCUT2D eigenvalue weighted by Crippen LogP contribution is 2.34. The van der Waals surface area contributed by atoms with Crippen molar-refractivity contribution >= 4 is 28.2 Å². The van der Waals surface area contributed by atoms with Gasteiger partial charge in [0.15, 0.2) is 5.82 Å². The van der Waals surface area contributed by atoms with Gasteiger partial charge in [-0.1, -0.05) is 35.9 Å². The van der Waals surface area contributed by atoms with E-state index in [9.17, 15) is 9.59 Å². The van der Waals surface area contributed by atoms with Gasteiger partial charge in [-0.3, -0.25) is 9.59 Å². The Morgan fingerprint density at radius 2 is 1.82 bits per heavy atom. The van der Waals surface area contributed by atoms with Crippen molar-refractivity contribution in [2.24, 2.45) is 0 Å². The Morgan fingerprint density at radius 3 is 2.48 bits per heavy atom. The fraction of sp³-hybridized carbons (Fsp3) is 0.250. The topological polar surface area (TPSA) is 145 Å². The third-order valence-corrected chi connectivity index (χ3v) is 6.95. The summed E-state index contributed by atoms with van der Waals surface area (Å²) < 4.78 is 12.8. The van der Waals surface area contributed by atoms with Crippen molar-refractivity contribution in [2.45, 2.75) is 26.7 Å². The standard InChI is InChI=1S/C28H26N8O4/c1-16-31-15-36(34-16)26-24-23(21(39-3)14-30-26)20(13-29-24)25(37)28(38)35-11-9-19(10-12-35)22(18-7-5-4-6-8-18)27-33-32-17(2)40-27/h4-8,13-15,29H,9-12H2,1-3H3. The number of ketones is 1. The average molecular weight is 539 g/mol. The number of ether oxygens (including phenoxy) is 1. The molecule has 0 radical (unpaired) electrons. The van der Waals surface area contributed by atoms with Crippen LogP contribution in [0.1, 0.15) is 46.4 Å². The van der Waals surface area contributed by atoms with Crippen LogP contribution in [0, 0.1) is 13.8 Å². The lowest BCUT2D eigenvalue weighted by Gasteiger charge is -2.29. The van der Waals surface area contributed by atoms with Crippen molar-refractivity contribution in [3.8, 4) is 11.6 Å². The third-order valence-electron chi connectivity index (χ3n) is 6.95. The van der Waals surface area contributed by atoms with E-state index in [2.05, 4.69) is 30.2 Å². The van der Waals surface area contributed by atoms with Crippen LogP contribution in [0.2, 0.25) is 0 Å². The molecule has 0 spiro atoms. The van der Waals surface area contributed by atoms with E-state index >= 15 is 0 Å². The van der Waals surface area contributed by atoms with Crippen molar-refractivity contribution in [1.82, 2.24) is 39.8 Å². The normalized spacial score (nSPS) is 13.6. The second kappa shape index (κ2) is 10.2. The summed E-state index contributed by atoms with van der Waals surface area (Å²) in [4.78, 5) is 40.2. The SMILES string of the molecule is COc1cnc(-n2cnc(C)n2)c2[nH]cc(C(=O)C(=O)N3CCC(=C(c4ccccc4)c4nnc(C)o4)CC3)c12. The van der Waals surface area contributed by atoms with E-state index in [4.69, 9.17) is 9.15 Å². The molecule has 1 N–H and O–H groups in total. The van der Waals surface area contributed by atoms with E-state index in [-0.39, 0.29) is 5.56 Å². The van der Waals surface area contributed by atoms with Crippen LogP contribution in [0.4, 0.5) is 0 Å². The molecule has 40 heavy (non-hydrogen) atoms. The first-order chi connectivity index (χ1) is 19.4. The molecule has 0 unspecified atom stereocenters. The van der Waals surface area contributed by atoms with Crippen LogP contribution in [0.25, 0.3) is 22.3 Å². The number of likely N-dealkylation sites (tertiary alicyclic amines) is 1. The first kappa shape index (κ1) is 25.2. The molecule has 1 aliphatic rings. The molecule has 5 heterocycles. The maximum absolute atomic E-state index is 13.5. The molecular formula is C28H26N8O4. The third kappa shape index (κ3) is 4.42. The fourth-order valence-corrected chi connectivity index (χ4v) is 5.03. The molecule has 1 saturated heterocycles. The van der Waals surface area contributed by atoms with E-state index in [1.54, 1.807) is 18.7 Å². The number of nitrogens with zero attached hydrogens (tertiary/aromatic N) is 7. The van der Waals surface area contributed by atoms with E-state index < -0.39 is 11.7 Å². The molecule has 0 atom stereocenters. The van der Waals surface area contributed by atoms with Gasteiger partial charge in [-0.25, -0.2) is 14.6 Å². The molecule has 12 heteroatoms. The van der Waals surface area contributed by atoms with Crippen LogP contribution in [0.3, 0.4) is 0 Å². The lowest BCUT2D eigenvalue weighted by atomic mass is 9.92. The largest absolute Gasteiger partial charge is 0.494 e. The number of aromatic nitrogens is 7. The fourth-order valence-electron chi connectivity index (χ4n) is 5.03. The van der Waals surface area contributed by atoms with Gasteiger partial charge in [0.2, 0.25) is 11.8 Å². The molecular weight excluding hydrogens is 512 g/mol. The number of piperidine rings is 1. The van der Waals surface area contributed by atoms with Crippen LogP contribution in [-0.4, -0.2) is 71.7 Å². The molecule has 1 amide bonds. The Bertz CT molecular complexity index is 1760. The maximum Gasteiger partial charge on any atom is 0.295 e. The minimum atomic E-state index is -0.625. The number of hydrogen-bond acceptors (Lipinski definition) is 9. The zero-order chi connectivity index (χ0) is 27.8. The second-order valence-electron chi connectivity index (χ2n) is 9.43. The molecule has 1 fully saturated rings. The van der Waals surface area contributed by atoms with Crippen LogP contribution in [0.15, 0.2) is 59.0 Å². The summed E-state index contributed by atoms with van der Waals surface area (Å²) in [5, 5.41) is 13.0. The Kier molecular flexibility index (Phi) is 6.42. The van der Waals surface area contributed by atoms with Gasteiger partial charge < -0.3 is 19.0 Å². The number of Topliss-reactive ketones (excluding diaryl/α,β-unsaturated/α-hetero) is 1. The van der Waals surface area contributed by atoms with Crippen molar-refractivity contribution < 1.29 is 18.7 Å². The van der Waals surface area contributed by atoms with E-state index in [0.29, 0.717) is 66.0 Å². The number of nitrogens with one attached hydrogen (secondary N) is 1. The zero-order valence-corrected chi connectivity index (χ0v) is 22.2. The molecule has 5 aromatic rings. The molecule has 6 rings (SSSR count). The summed E-state index contributed by atoms with van der Waals surface area (Å²) >= 11 is 0. The molecule has 1 aliphatic heterocycles. The van der Waals surface area contributed by atoms with Gasteiger partial charge in [0, 0.05) is 31.8 Å². The first-order valence-corrected chi connectivity index (χ1v) is 12.8. The average Bonchev–Trinajstić information content (AvgIpc) is 3.73. The monoisotopic (exact) mass is 538 g/mol. The van der Waals surface area contributed by atoms with Crippen LogP contribution < -0.4 is 4.74 Å². The van der Waals surface area contributed by atoms with Gasteiger partial charge in [0.05, 0.1) is 29.8 Å². The van der Waals surface area contributed by atoms with Crippen molar-refractivity contribution in [3.05, 3.63) is 83.4 Å². The summed E-state index contributed by atoms with van der Waals surface area (Å²) in [7, 11) is 1.49. The number of carbonyl (C=O) groups is 2. The number of benzene rings is 1. The van der Waals surface area contributed by atoms with E-state index in [1.165, 1.54) is 30.5 Å². The number of fused-ring (bicyclic) bond motifs is 1. The van der Waals surface area contributed by atoms with Gasteiger partial charge in [-0.2, -0.15) is 5.10 Å².